The minimum atomic E-state index is 0.0147. The summed E-state index contributed by atoms with van der Waals surface area (Å²) >= 11 is 0. The summed E-state index contributed by atoms with van der Waals surface area (Å²) in [7, 11) is 0. The predicted octanol–water partition coefficient (Wildman–Crippen LogP) is 1.76. The minimum absolute atomic E-state index is 0.0147. The molecule has 0 aromatic carbocycles. The Bertz CT molecular complexity index is 223. The summed E-state index contributed by atoms with van der Waals surface area (Å²) in [5.74, 6) is 0. The first-order valence-electron chi connectivity index (χ1n) is 5.72. The second-order valence-corrected chi connectivity index (χ2v) is 5.40. The highest BCUT2D eigenvalue weighted by molar-refractivity contribution is 5.04. The van der Waals surface area contributed by atoms with Crippen LogP contribution in [0.2, 0.25) is 0 Å². The molecule has 1 heterocycles. The van der Waals surface area contributed by atoms with E-state index in [-0.39, 0.29) is 18.1 Å². The second kappa shape index (κ2) is 2.71. The Labute approximate surface area is 84.9 Å². The summed E-state index contributed by atoms with van der Waals surface area (Å²) in [4.78, 5) is 0. The van der Waals surface area contributed by atoms with Crippen molar-refractivity contribution < 1.29 is 9.47 Å². The van der Waals surface area contributed by atoms with Crippen LogP contribution in [0.4, 0.5) is 0 Å². The quantitative estimate of drug-likeness (QED) is 0.696. The Morgan fingerprint density at radius 2 is 1.50 bits per heavy atom. The van der Waals surface area contributed by atoms with Gasteiger partial charge >= 0.3 is 0 Å². The fraction of sp³-hybridized carbons (Fsp3) is 1.00. The van der Waals surface area contributed by atoms with Gasteiger partial charge in [-0.3, -0.25) is 0 Å². The maximum absolute atomic E-state index is 6.26. The van der Waals surface area contributed by atoms with Gasteiger partial charge in [-0.05, 0) is 45.4 Å². The molecule has 3 heteroatoms. The fourth-order valence-corrected chi connectivity index (χ4v) is 3.24. The van der Waals surface area contributed by atoms with E-state index in [1.54, 1.807) is 0 Å². The number of nitrogens with two attached hydrogens (primary N) is 1. The van der Waals surface area contributed by atoms with Gasteiger partial charge in [0.1, 0.15) is 0 Å². The molecule has 3 saturated carbocycles. The monoisotopic (exact) mass is 197 g/mol. The van der Waals surface area contributed by atoms with E-state index < -0.39 is 0 Å². The van der Waals surface area contributed by atoms with Crippen LogP contribution in [0.3, 0.4) is 0 Å². The molecule has 0 spiro atoms. The van der Waals surface area contributed by atoms with E-state index in [1.165, 1.54) is 19.3 Å². The van der Waals surface area contributed by atoms with Crippen molar-refractivity contribution in [3.05, 3.63) is 0 Å². The summed E-state index contributed by atoms with van der Waals surface area (Å²) in [6, 6.07) is 0. The van der Waals surface area contributed by atoms with Crippen LogP contribution in [0.25, 0.3) is 0 Å². The summed E-state index contributed by atoms with van der Waals surface area (Å²) in [5, 5.41) is 0. The highest BCUT2D eigenvalue weighted by Crippen LogP contribution is 2.55. The molecule has 1 saturated heterocycles. The van der Waals surface area contributed by atoms with Gasteiger partial charge in [-0.15, -0.1) is 0 Å². The van der Waals surface area contributed by atoms with Crippen LogP contribution in [-0.2, 0) is 9.47 Å². The fourth-order valence-electron chi connectivity index (χ4n) is 3.24. The lowest BCUT2D eigenvalue weighted by Crippen LogP contribution is -2.60. The van der Waals surface area contributed by atoms with Gasteiger partial charge in [0.2, 0.25) is 0 Å². The molecule has 0 unspecified atom stereocenters. The van der Waals surface area contributed by atoms with Crippen LogP contribution in [0.15, 0.2) is 0 Å². The van der Waals surface area contributed by atoms with Gasteiger partial charge in [0, 0.05) is 11.0 Å². The topological polar surface area (TPSA) is 44.5 Å². The van der Waals surface area contributed by atoms with Crippen LogP contribution in [0.1, 0.15) is 45.4 Å². The highest BCUT2D eigenvalue weighted by Gasteiger charge is 2.54. The lowest BCUT2D eigenvalue weighted by Gasteiger charge is -2.57. The van der Waals surface area contributed by atoms with Crippen molar-refractivity contribution in [2.75, 3.05) is 0 Å². The molecule has 0 atom stereocenters. The Kier molecular flexibility index (Phi) is 1.77. The molecule has 4 fully saturated rings. The lowest BCUT2D eigenvalue weighted by atomic mass is 9.57. The number of hydrogen-bond donors (Lipinski definition) is 1. The molecule has 14 heavy (non-hydrogen) atoms. The zero-order valence-corrected chi connectivity index (χ0v) is 8.79. The zero-order chi connectivity index (χ0) is 9.81. The molecule has 0 amide bonds. The van der Waals surface area contributed by atoms with E-state index in [0.717, 1.165) is 19.3 Å². The molecule has 0 aromatic rings. The standard InChI is InChI=1S/C11H19NO2/c1-8-13-9(14-8)10-2-5-11(12,6-3-10)7-4-10/h8-9H,2-7,12H2,1H3. The average molecular weight is 197 g/mol. The largest absolute Gasteiger partial charge is 0.325 e. The number of hydrogen-bond acceptors (Lipinski definition) is 3. The first-order chi connectivity index (χ1) is 6.62. The van der Waals surface area contributed by atoms with Crippen molar-refractivity contribution in [2.24, 2.45) is 11.1 Å². The van der Waals surface area contributed by atoms with Crippen molar-refractivity contribution in [2.45, 2.75) is 63.6 Å². The van der Waals surface area contributed by atoms with Crippen molar-refractivity contribution in [3.63, 3.8) is 0 Å². The Hall–Kier alpha value is -0.120. The first-order valence-corrected chi connectivity index (χ1v) is 5.72. The summed E-state index contributed by atoms with van der Waals surface area (Å²) in [6.07, 6.45) is 7.14. The SMILES string of the molecule is CC1OC(C23CCC(N)(CC2)CC3)O1. The molecule has 0 aromatic heterocycles. The van der Waals surface area contributed by atoms with Gasteiger partial charge < -0.3 is 15.2 Å². The van der Waals surface area contributed by atoms with Crippen molar-refractivity contribution in [1.29, 1.82) is 0 Å². The summed E-state index contributed by atoms with van der Waals surface area (Å²) in [6.45, 7) is 1.96. The maximum Gasteiger partial charge on any atom is 0.169 e. The van der Waals surface area contributed by atoms with Crippen LogP contribution in [0, 0.1) is 5.41 Å². The van der Waals surface area contributed by atoms with E-state index in [4.69, 9.17) is 15.2 Å². The van der Waals surface area contributed by atoms with E-state index in [0.29, 0.717) is 5.41 Å². The smallest absolute Gasteiger partial charge is 0.169 e. The second-order valence-electron chi connectivity index (χ2n) is 5.40. The molecule has 3 aliphatic carbocycles. The van der Waals surface area contributed by atoms with E-state index in [2.05, 4.69) is 0 Å². The number of ether oxygens (including phenoxy) is 2. The van der Waals surface area contributed by atoms with Crippen molar-refractivity contribution in [1.82, 2.24) is 0 Å². The maximum atomic E-state index is 6.26. The van der Waals surface area contributed by atoms with Gasteiger partial charge in [0.05, 0.1) is 0 Å². The van der Waals surface area contributed by atoms with E-state index in [9.17, 15) is 0 Å². The van der Waals surface area contributed by atoms with E-state index >= 15 is 0 Å². The molecule has 2 N–H and O–H groups in total. The Balaban J connectivity index is 1.73. The van der Waals surface area contributed by atoms with Gasteiger partial charge in [0.15, 0.2) is 12.6 Å². The third-order valence-corrected chi connectivity index (χ3v) is 4.49. The first kappa shape index (κ1) is 9.13. The van der Waals surface area contributed by atoms with Crippen molar-refractivity contribution >= 4 is 0 Å². The normalized spacial score (nSPS) is 57.0. The number of fused-ring (bicyclic) bond motifs is 3. The minimum Gasteiger partial charge on any atom is -0.325 e. The molecule has 80 valence electrons. The van der Waals surface area contributed by atoms with Crippen LogP contribution in [-0.4, -0.2) is 18.1 Å². The van der Waals surface area contributed by atoms with E-state index in [1.807, 2.05) is 6.92 Å². The molecule has 3 nitrogen and oxygen atoms in total. The van der Waals surface area contributed by atoms with Crippen LogP contribution in [0.5, 0.6) is 0 Å². The molecular weight excluding hydrogens is 178 g/mol. The molecule has 1 aliphatic heterocycles. The summed E-state index contributed by atoms with van der Waals surface area (Å²) < 4.78 is 11.3. The highest BCUT2D eigenvalue weighted by atomic mass is 16.9. The van der Waals surface area contributed by atoms with Gasteiger partial charge in [0.25, 0.3) is 0 Å². The van der Waals surface area contributed by atoms with Gasteiger partial charge in [-0.2, -0.15) is 0 Å². The molecule has 0 radical (unpaired) electrons. The Morgan fingerprint density at radius 1 is 1.00 bits per heavy atom. The molecule has 4 rings (SSSR count). The zero-order valence-electron chi connectivity index (χ0n) is 8.79. The van der Waals surface area contributed by atoms with Gasteiger partial charge in [-0.25, -0.2) is 0 Å². The third kappa shape index (κ3) is 1.16. The molecule has 2 bridgehead atoms. The predicted molar refractivity (Wildman–Crippen MR) is 52.5 cm³/mol. The number of rotatable bonds is 1. The van der Waals surface area contributed by atoms with Crippen LogP contribution < -0.4 is 5.73 Å². The third-order valence-electron chi connectivity index (χ3n) is 4.49. The van der Waals surface area contributed by atoms with Crippen LogP contribution >= 0.6 is 0 Å². The van der Waals surface area contributed by atoms with Gasteiger partial charge in [-0.1, -0.05) is 0 Å². The van der Waals surface area contributed by atoms with Crippen molar-refractivity contribution in [3.8, 4) is 0 Å². The Morgan fingerprint density at radius 3 is 1.93 bits per heavy atom. The lowest BCUT2D eigenvalue weighted by molar-refractivity contribution is -0.418. The summed E-state index contributed by atoms with van der Waals surface area (Å²) in [5.41, 5.74) is 6.72. The molecule has 4 aliphatic rings. The molecular formula is C11H19NO2. The average Bonchev–Trinajstić information content (AvgIpc) is 2.15.